The molecule has 0 fully saturated rings. The molecule has 1 aromatic carbocycles. The quantitative estimate of drug-likeness (QED) is 0.671. The van der Waals surface area contributed by atoms with E-state index in [1.165, 1.54) is 18.2 Å². The molecule has 0 aromatic heterocycles. The van der Waals surface area contributed by atoms with Crippen molar-refractivity contribution in [3.8, 4) is 0 Å². The Morgan fingerprint density at radius 1 is 1.00 bits per heavy atom. The van der Waals surface area contributed by atoms with Gasteiger partial charge in [0.05, 0.1) is 0 Å². The van der Waals surface area contributed by atoms with E-state index in [9.17, 15) is 26.3 Å². The standard InChI is InChI=1S/C11H9ClF6/c1-9(10(13,14)15,11(16,17)18)6-7-3-2-4-8(12)5-7/h2-5H,6H2,1H3. The van der Waals surface area contributed by atoms with Gasteiger partial charge in [-0.1, -0.05) is 23.7 Å². The van der Waals surface area contributed by atoms with Gasteiger partial charge in [-0.15, -0.1) is 0 Å². The van der Waals surface area contributed by atoms with Gasteiger partial charge in [0.25, 0.3) is 0 Å². The van der Waals surface area contributed by atoms with Crippen LogP contribution >= 0.6 is 11.6 Å². The third kappa shape index (κ3) is 2.91. The summed E-state index contributed by atoms with van der Waals surface area (Å²) >= 11 is 5.54. The van der Waals surface area contributed by atoms with E-state index in [0.717, 1.165) is 6.07 Å². The number of hydrogen-bond donors (Lipinski definition) is 0. The van der Waals surface area contributed by atoms with Gasteiger partial charge in [-0.25, -0.2) is 0 Å². The Hall–Kier alpha value is -0.910. The van der Waals surface area contributed by atoms with Gasteiger partial charge in [0, 0.05) is 5.02 Å². The maximum atomic E-state index is 12.6. The van der Waals surface area contributed by atoms with Gasteiger partial charge in [0.2, 0.25) is 0 Å². The minimum Gasteiger partial charge on any atom is -0.170 e. The van der Waals surface area contributed by atoms with Crippen LogP contribution in [-0.4, -0.2) is 12.4 Å². The number of rotatable bonds is 2. The van der Waals surface area contributed by atoms with Crippen molar-refractivity contribution in [2.24, 2.45) is 5.41 Å². The Morgan fingerprint density at radius 3 is 1.89 bits per heavy atom. The second-order valence-electron chi connectivity index (χ2n) is 4.13. The Labute approximate surface area is 105 Å². The summed E-state index contributed by atoms with van der Waals surface area (Å²) in [4.78, 5) is 0. The number of benzene rings is 1. The predicted molar refractivity (Wildman–Crippen MR) is 55.4 cm³/mol. The molecule has 0 nitrogen and oxygen atoms in total. The SMILES string of the molecule is CC(Cc1cccc(Cl)c1)(C(F)(F)F)C(F)(F)F. The Kier molecular flexibility index (Phi) is 3.91. The van der Waals surface area contributed by atoms with Gasteiger partial charge in [-0.3, -0.25) is 0 Å². The van der Waals surface area contributed by atoms with Crippen molar-refractivity contribution < 1.29 is 26.3 Å². The first-order chi connectivity index (χ1) is 7.97. The highest BCUT2D eigenvalue weighted by Crippen LogP contribution is 2.51. The molecule has 7 heteroatoms. The summed E-state index contributed by atoms with van der Waals surface area (Å²) in [6, 6.07) is 4.97. The molecule has 0 aliphatic carbocycles. The largest absolute Gasteiger partial charge is 0.403 e. The van der Waals surface area contributed by atoms with E-state index in [1.54, 1.807) is 0 Å². The van der Waals surface area contributed by atoms with E-state index < -0.39 is 24.2 Å². The summed E-state index contributed by atoms with van der Waals surface area (Å²) in [5, 5.41) is 0.0965. The van der Waals surface area contributed by atoms with Crippen molar-refractivity contribution in [1.29, 1.82) is 0 Å². The van der Waals surface area contributed by atoms with E-state index in [2.05, 4.69) is 0 Å². The number of halogens is 7. The topological polar surface area (TPSA) is 0 Å². The third-order valence-electron chi connectivity index (χ3n) is 2.70. The van der Waals surface area contributed by atoms with E-state index in [-0.39, 0.29) is 17.5 Å². The molecule has 102 valence electrons. The van der Waals surface area contributed by atoms with Crippen LogP contribution in [0.25, 0.3) is 0 Å². The monoisotopic (exact) mass is 290 g/mol. The van der Waals surface area contributed by atoms with Gasteiger partial charge in [0.15, 0.2) is 5.41 Å². The van der Waals surface area contributed by atoms with Crippen LogP contribution in [0.15, 0.2) is 24.3 Å². The van der Waals surface area contributed by atoms with Crippen LogP contribution in [0, 0.1) is 5.41 Å². The van der Waals surface area contributed by atoms with Crippen LogP contribution < -0.4 is 0 Å². The minimum absolute atomic E-state index is 0.0965. The first kappa shape index (κ1) is 15.1. The van der Waals surface area contributed by atoms with E-state index in [1.807, 2.05) is 0 Å². The summed E-state index contributed by atoms with van der Waals surface area (Å²) in [7, 11) is 0. The molecule has 0 bridgehead atoms. The van der Waals surface area contributed by atoms with Crippen molar-refractivity contribution in [3.05, 3.63) is 34.9 Å². The van der Waals surface area contributed by atoms with Gasteiger partial charge < -0.3 is 0 Å². The van der Waals surface area contributed by atoms with E-state index in [0.29, 0.717) is 0 Å². The van der Waals surface area contributed by atoms with Crippen molar-refractivity contribution in [2.75, 3.05) is 0 Å². The molecule has 0 N–H and O–H groups in total. The Morgan fingerprint density at radius 2 is 1.50 bits per heavy atom. The zero-order valence-electron chi connectivity index (χ0n) is 9.16. The van der Waals surface area contributed by atoms with E-state index in [4.69, 9.17) is 11.6 Å². The third-order valence-corrected chi connectivity index (χ3v) is 2.93. The fourth-order valence-corrected chi connectivity index (χ4v) is 1.63. The Bertz CT molecular complexity index is 406. The predicted octanol–water partition coefficient (Wildman–Crippen LogP) is 5.01. The summed E-state index contributed by atoms with van der Waals surface area (Å²) < 4.78 is 75.8. The summed E-state index contributed by atoms with van der Waals surface area (Å²) in [6.45, 7) is 0.147. The molecule has 0 aliphatic rings. The summed E-state index contributed by atoms with van der Waals surface area (Å²) in [6.07, 6.45) is -12.0. The molecule has 0 radical (unpaired) electrons. The summed E-state index contributed by atoms with van der Waals surface area (Å²) in [5.74, 6) is 0. The smallest absolute Gasteiger partial charge is 0.170 e. The lowest BCUT2D eigenvalue weighted by Gasteiger charge is -2.34. The van der Waals surface area contributed by atoms with Crippen LogP contribution in [0.3, 0.4) is 0 Å². The van der Waals surface area contributed by atoms with Gasteiger partial charge in [0.1, 0.15) is 0 Å². The molecule has 0 saturated heterocycles. The maximum Gasteiger partial charge on any atom is 0.403 e. The molecule has 0 heterocycles. The van der Waals surface area contributed by atoms with Crippen molar-refractivity contribution in [1.82, 2.24) is 0 Å². The highest BCUT2D eigenvalue weighted by molar-refractivity contribution is 6.30. The van der Waals surface area contributed by atoms with Gasteiger partial charge >= 0.3 is 12.4 Å². The number of alkyl halides is 6. The molecule has 1 aromatic rings. The second kappa shape index (κ2) is 4.64. The molecule has 0 aliphatic heterocycles. The van der Waals surface area contributed by atoms with E-state index >= 15 is 0 Å². The van der Waals surface area contributed by atoms with Crippen LogP contribution in [0.1, 0.15) is 12.5 Å². The van der Waals surface area contributed by atoms with Crippen molar-refractivity contribution >= 4 is 11.6 Å². The maximum absolute atomic E-state index is 12.6. The lowest BCUT2D eigenvalue weighted by molar-refractivity contribution is -0.334. The molecular formula is C11H9ClF6. The highest BCUT2D eigenvalue weighted by atomic mass is 35.5. The molecule has 0 unspecified atom stereocenters. The van der Waals surface area contributed by atoms with Gasteiger partial charge in [-0.05, 0) is 31.0 Å². The van der Waals surface area contributed by atoms with Crippen LogP contribution in [0.2, 0.25) is 5.02 Å². The molecule has 0 spiro atoms. The zero-order chi connectivity index (χ0) is 14.2. The molecular weight excluding hydrogens is 282 g/mol. The van der Waals surface area contributed by atoms with Crippen LogP contribution in [0.4, 0.5) is 26.3 Å². The van der Waals surface area contributed by atoms with Crippen LogP contribution in [0.5, 0.6) is 0 Å². The molecule has 18 heavy (non-hydrogen) atoms. The van der Waals surface area contributed by atoms with Crippen molar-refractivity contribution in [3.63, 3.8) is 0 Å². The molecule has 0 atom stereocenters. The lowest BCUT2D eigenvalue weighted by Crippen LogP contribution is -2.49. The lowest BCUT2D eigenvalue weighted by atomic mass is 9.82. The minimum atomic E-state index is -5.38. The number of hydrogen-bond acceptors (Lipinski definition) is 0. The average Bonchev–Trinajstić information content (AvgIpc) is 2.13. The zero-order valence-corrected chi connectivity index (χ0v) is 9.92. The molecule has 0 saturated carbocycles. The normalized spacial score (nSPS) is 13.8. The first-order valence-electron chi connectivity index (χ1n) is 4.85. The fourth-order valence-electron chi connectivity index (χ4n) is 1.42. The van der Waals surface area contributed by atoms with Crippen molar-refractivity contribution in [2.45, 2.75) is 25.7 Å². The Balaban J connectivity index is 3.16. The second-order valence-corrected chi connectivity index (χ2v) is 4.57. The molecule has 0 amide bonds. The molecule has 1 rings (SSSR count). The fraction of sp³-hybridized carbons (Fsp3) is 0.455. The highest BCUT2D eigenvalue weighted by Gasteiger charge is 2.67. The first-order valence-corrected chi connectivity index (χ1v) is 5.23. The van der Waals surface area contributed by atoms with Crippen LogP contribution in [-0.2, 0) is 6.42 Å². The summed E-state index contributed by atoms with van der Waals surface area (Å²) in [5.41, 5.74) is -3.90. The average molecular weight is 291 g/mol. The van der Waals surface area contributed by atoms with Gasteiger partial charge in [-0.2, -0.15) is 26.3 Å².